The minimum atomic E-state index is -0.521. The average Bonchev–Trinajstić information content (AvgIpc) is 2.33. The third kappa shape index (κ3) is 4.41. The van der Waals surface area contributed by atoms with Crippen LogP contribution >= 0.6 is 12.4 Å². The molecule has 0 amide bonds. The fourth-order valence-corrected chi connectivity index (χ4v) is 2.53. The van der Waals surface area contributed by atoms with Crippen molar-refractivity contribution in [3.8, 4) is 0 Å². The first-order valence-corrected chi connectivity index (χ1v) is 6.48. The van der Waals surface area contributed by atoms with Crippen molar-refractivity contribution in [1.29, 1.82) is 0 Å². The van der Waals surface area contributed by atoms with E-state index in [-0.39, 0.29) is 18.4 Å². The lowest BCUT2D eigenvalue weighted by Crippen LogP contribution is -2.39. The number of hydrogen-bond donors (Lipinski definition) is 1. The molecule has 2 N–H and O–H groups in total. The van der Waals surface area contributed by atoms with Crippen molar-refractivity contribution < 1.29 is 8.78 Å². The highest BCUT2D eigenvalue weighted by molar-refractivity contribution is 5.85. The topological polar surface area (TPSA) is 29.3 Å². The molecule has 1 unspecified atom stereocenters. The maximum Gasteiger partial charge on any atom is 0.130 e. The third-order valence-electron chi connectivity index (χ3n) is 3.78. The molecule has 0 aromatic heterocycles. The number of hydrogen-bond acceptors (Lipinski definition) is 2. The molecule has 0 radical (unpaired) electrons. The van der Waals surface area contributed by atoms with Crippen LogP contribution in [0.4, 0.5) is 8.78 Å². The largest absolute Gasteiger partial charge is 0.328 e. The smallest absolute Gasteiger partial charge is 0.130 e. The number of piperidine rings is 1. The molecular weight excluding hydrogens is 270 g/mol. The van der Waals surface area contributed by atoms with E-state index in [0.717, 1.165) is 32.0 Å². The lowest BCUT2D eigenvalue weighted by Gasteiger charge is -2.33. The van der Waals surface area contributed by atoms with E-state index in [2.05, 4.69) is 4.90 Å². The van der Waals surface area contributed by atoms with E-state index in [1.807, 2.05) is 6.92 Å². The zero-order valence-electron chi connectivity index (χ0n) is 11.1. The molecule has 19 heavy (non-hydrogen) atoms. The van der Waals surface area contributed by atoms with Gasteiger partial charge in [0.15, 0.2) is 0 Å². The molecule has 1 heterocycles. The number of halogens is 3. The van der Waals surface area contributed by atoms with Gasteiger partial charge >= 0.3 is 0 Å². The van der Waals surface area contributed by atoms with Gasteiger partial charge in [0, 0.05) is 24.2 Å². The van der Waals surface area contributed by atoms with Crippen molar-refractivity contribution in [1.82, 2.24) is 4.90 Å². The molecule has 0 bridgehead atoms. The number of benzene rings is 1. The van der Waals surface area contributed by atoms with E-state index < -0.39 is 11.6 Å². The zero-order chi connectivity index (χ0) is 13.1. The van der Waals surface area contributed by atoms with Gasteiger partial charge in [0.2, 0.25) is 0 Å². The molecule has 1 aromatic carbocycles. The van der Waals surface area contributed by atoms with Crippen molar-refractivity contribution in [2.75, 3.05) is 13.1 Å². The van der Waals surface area contributed by atoms with E-state index in [1.54, 1.807) is 0 Å². The monoisotopic (exact) mass is 290 g/mol. The first kappa shape index (κ1) is 16.3. The van der Waals surface area contributed by atoms with Crippen LogP contribution in [0.3, 0.4) is 0 Å². The summed E-state index contributed by atoms with van der Waals surface area (Å²) in [5, 5.41) is 0. The summed E-state index contributed by atoms with van der Waals surface area (Å²) in [6.07, 6.45) is 2.11. The quantitative estimate of drug-likeness (QED) is 0.927. The molecule has 0 saturated carbocycles. The second-order valence-electron chi connectivity index (χ2n) is 5.21. The molecular formula is C14H21ClF2N2. The van der Waals surface area contributed by atoms with Gasteiger partial charge in [-0.3, -0.25) is 4.90 Å². The van der Waals surface area contributed by atoms with Crippen LogP contribution in [0, 0.1) is 17.6 Å². The van der Waals surface area contributed by atoms with Crippen molar-refractivity contribution >= 4 is 12.4 Å². The molecule has 1 aliphatic heterocycles. The Morgan fingerprint density at radius 2 is 1.95 bits per heavy atom. The Kier molecular flexibility index (Phi) is 6.17. The Morgan fingerprint density at radius 3 is 2.47 bits per heavy atom. The highest BCUT2D eigenvalue weighted by atomic mass is 35.5. The average molecular weight is 291 g/mol. The summed E-state index contributed by atoms with van der Waals surface area (Å²) < 4.78 is 26.3. The van der Waals surface area contributed by atoms with E-state index in [4.69, 9.17) is 5.73 Å². The van der Waals surface area contributed by atoms with Crippen molar-refractivity contribution in [2.45, 2.75) is 32.4 Å². The van der Waals surface area contributed by atoms with Gasteiger partial charge in [0.05, 0.1) is 0 Å². The van der Waals surface area contributed by atoms with Crippen molar-refractivity contribution in [3.63, 3.8) is 0 Å². The molecule has 2 rings (SSSR count). The minimum absolute atomic E-state index is 0. The van der Waals surface area contributed by atoms with Crippen molar-refractivity contribution in [2.24, 2.45) is 11.7 Å². The SMILES string of the molecule is CC(N)C1CCN(Cc2ccc(F)cc2F)CC1.Cl. The Balaban J connectivity index is 0.00000180. The predicted octanol–water partition coefficient (Wildman–Crippen LogP) is 2.95. The number of likely N-dealkylation sites (tertiary alicyclic amines) is 1. The molecule has 1 saturated heterocycles. The van der Waals surface area contributed by atoms with Crippen LogP contribution in [-0.2, 0) is 6.54 Å². The van der Waals surface area contributed by atoms with E-state index >= 15 is 0 Å². The molecule has 5 heteroatoms. The third-order valence-corrected chi connectivity index (χ3v) is 3.78. The van der Waals surface area contributed by atoms with Crippen LogP contribution in [0.15, 0.2) is 18.2 Å². The lowest BCUT2D eigenvalue weighted by atomic mass is 9.91. The second kappa shape index (κ2) is 7.17. The molecule has 0 spiro atoms. The Labute approximate surface area is 119 Å². The number of nitrogens with zero attached hydrogens (tertiary/aromatic N) is 1. The predicted molar refractivity (Wildman–Crippen MR) is 75.3 cm³/mol. The van der Waals surface area contributed by atoms with Gasteiger partial charge in [0.1, 0.15) is 11.6 Å². The molecule has 2 nitrogen and oxygen atoms in total. The number of nitrogens with two attached hydrogens (primary N) is 1. The van der Waals surface area contributed by atoms with Gasteiger partial charge in [0.25, 0.3) is 0 Å². The van der Waals surface area contributed by atoms with Crippen LogP contribution in [0.2, 0.25) is 0 Å². The first-order chi connectivity index (χ1) is 8.56. The second-order valence-corrected chi connectivity index (χ2v) is 5.21. The highest BCUT2D eigenvalue weighted by Gasteiger charge is 2.22. The Bertz CT molecular complexity index is 404. The summed E-state index contributed by atoms with van der Waals surface area (Å²) in [6.45, 7) is 4.46. The van der Waals surface area contributed by atoms with Crippen LogP contribution in [0.5, 0.6) is 0 Å². The molecule has 1 aliphatic rings. The lowest BCUT2D eigenvalue weighted by molar-refractivity contribution is 0.164. The molecule has 1 atom stereocenters. The van der Waals surface area contributed by atoms with Crippen LogP contribution in [-0.4, -0.2) is 24.0 Å². The summed E-state index contributed by atoms with van der Waals surface area (Å²) in [5.74, 6) is -0.407. The molecule has 0 aliphatic carbocycles. The highest BCUT2D eigenvalue weighted by Crippen LogP contribution is 2.21. The van der Waals surface area contributed by atoms with Crippen LogP contribution < -0.4 is 5.73 Å². The zero-order valence-corrected chi connectivity index (χ0v) is 11.9. The van der Waals surface area contributed by atoms with Gasteiger partial charge in [-0.1, -0.05) is 6.07 Å². The summed E-state index contributed by atoms with van der Waals surface area (Å²) in [7, 11) is 0. The number of rotatable bonds is 3. The minimum Gasteiger partial charge on any atom is -0.328 e. The maximum atomic E-state index is 13.5. The van der Waals surface area contributed by atoms with E-state index in [0.29, 0.717) is 18.0 Å². The van der Waals surface area contributed by atoms with Gasteiger partial charge < -0.3 is 5.73 Å². The van der Waals surface area contributed by atoms with Gasteiger partial charge in [-0.15, -0.1) is 12.4 Å². The fourth-order valence-electron chi connectivity index (χ4n) is 2.53. The van der Waals surface area contributed by atoms with Gasteiger partial charge in [-0.05, 0) is 44.8 Å². The Morgan fingerprint density at radius 1 is 1.32 bits per heavy atom. The van der Waals surface area contributed by atoms with Crippen molar-refractivity contribution in [3.05, 3.63) is 35.4 Å². The van der Waals surface area contributed by atoms with Crippen LogP contribution in [0.1, 0.15) is 25.3 Å². The van der Waals surface area contributed by atoms with E-state index in [1.165, 1.54) is 12.1 Å². The summed E-state index contributed by atoms with van der Waals surface area (Å²) >= 11 is 0. The summed E-state index contributed by atoms with van der Waals surface area (Å²) in [5.41, 5.74) is 6.45. The first-order valence-electron chi connectivity index (χ1n) is 6.48. The van der Waals surface area contributed by atoms with Crippen LogP contribution in [0.25, 0.3) is 0 Å². The molecule has 1 aromatic rings. The van der Waals surface area contributed by atoms with Gasteiger partial charge in [-0.2, -0.15) is 0 Å². The standard InChI is InChI=1S/C14H20F2N2.ClH/c1-10(17)11-4-6-18(7-5-11)9-12-2-3-13(15)8-14(12)16;/h2-3,8,10-11H,4-7,9,17H2,1H3;1H. The summed E-state index contributed by atoms with van der Waals surface area (Å²) in [4.78, 5) is 2.20. The summed E-state index contributed by atoms with van der Waals surface area (Å²) in [6, 6.07) is 4.02. The normalized spacial score (nSPS) is 18.9. The molecule has 1 fully saturated rings. The van der Waals surface area contributed by atoms with E-state index in [9.17, 15) is 8.78 Å². The Hall–Kier alpha value is -0.710. The fraction of sp³-hybridized carbons (Fsp3) is 0.571. The maximum absolute atomic E-state index is 13.5. The molecule has 108 valence electrons. The van der Waals surface area contributed by atoms with Gasteiger partial charge in [-0.25, -0.2) is 8.78 Å².